The molecule has 0 atom stereocenters. The number of allylic oxidation sites excluding steroid dienone is 4. The number of hydrogen-bond donors (Lipinski definition) is 2. The number of hydrogen-bond acceptors (Lipinski definition) is 7. The quantitative estimate of drug-likeness (QED) is 0.188. The largest absolute Gasteiger partial charge is 0.352 e. The zero-order chi connectivity index (χ0) is 27.4. The van der Waals surface area contributed by atoms with Crippen molar-refractivity contribution in [2.24, 2.45) is 0 Å². The molecular weight excluding hydrogens is 530 g/mol. The van der Waals surface area contributed by atoms with Crippen LogP contribution in [-0.2, 0) is 34.9 Å². The molecule has 0 fully saturated rings. The van der Waals surface area contributed by atoms with Crippen molar-refractivity contribution < 1.29 is 31.2 Å². The second-order valence-electron chi connectivity index (χ2n) is 7.72. The van der Waals surface area contributed by atoms with Crippen LogP contribution in [0, 0.1) is 6.92 Å². The van der Waals surface area contributed by atoms with Gasteiger partial charge in [0.1, 0.15) is 5.83 Å². The average Bonchev–Trinajstić information content (AvgIpc) is 2.77. The van der Waals surface area contributed by atoms with Crippen molar-refractivity contribution in [3.8, 4) is 0 Å². The maximum atomic E-state index is 14.4. The van der Waals surface area contributed by atoms with Gasteiger partial charge in [-0.1, -0.05) is 48.9 Å². The van der Waals surface area contributed by atoms with Crippen molar-refractivity contribution in [3.63, 3.8) is 0 Å². The molecular formula is C24H35ClFN2O6PS. The molecule has 12 heteroatoms. The van der Waals surface area contributed by atoms with Gasteiger partial charge in [-0.15, -0.1) is 0 Å². The molecule has 0 radical (unpaired) electrons. The molecule has 0 unspecified atom stereocenters. The normalized spacial score (nSPS) is 13.2. The Labute approximate surface area is 218 Å². The lowest BCUT2D eigenvalue weighted by Crippen LogP contribution is -2.34. The Morgan fingerprint density at radius 3 is 2.42 bits per heavy atom. The number of halogens is 2. The third kappa shape index (κ3) is 11.0. The van der Waals surface area contributed by atoms with Crippen LogP contribution in [0.3, 0.4) is 0 Å². The zero-order valence-corrected chi connectivity index (χ0v) is 23.6. The molecule has 1 rings (SSSR count). The molecule has 0 aromatic heterocycles. The summed E-state index contributed by atoms with van der Waals surface area (Å²) in [5.74, 6) is -1.89. The van der Waals surface area contributed by atoms with Crippen LogP contribution in [0.2, 0.25) is 0 Å². The summed E-state index contributed by atoms with van der Waals surface area (Å²) in [4.78, 5) is 12.6. The fraction of sp³-hybridized carbons (Fsp3) is 0.458. The summed E-state index contributed by atoms with van der Waals surface area (Å²) in [7, 11) is -7.39. The fourth-order valence-electron chi connectivity index (χ4n) is 3.18. The summed E-state index contributed by atoms with van der Waals surface area (Å²) in [5.41, 5.74) is 1.63. The summed E-state index contributed by atoms with van der Waals surface area (Å²) in [5, 5.41) is 3.04. The summed E-state index contributed by atoms with van der Waals surface area (Å²) < 4.78 is 64.1. The second-order valence-corrected chi connectivity index (χ2v) is 12.2. The molecule has 0 aliphatic rings. The minimum Gasteiger partial charge on any atom is -0.352 e. The van der Waals surface area contributed by atoms with Gasteiger partial charge in [-0.3, -0.25) is 14.1 Å². The first-order valence-electron chi connectivity index (χ1n) is 11.6. The Kier molecular flexibility index (Phi) is 13.6. The molecule has 1 aromatic carbocycles. The van der Waals surface area contributed by atoms with Crippen LogP contribution in [0.25, 0.3) is 0 Å². The lowest BCUT2D eigenvalue weighted by Gasteiger charge is -2.17. The molecule has 36 heavy (non-hydrogen) atoms. The van der Waals surface area contributed by atoms with E-state index in [1.165, 1.54) is 0 Å². The van der Waals surface area contributed by atoms with E-state index in [1.54, 1.807) is 38.1 Å². The zero-order valence-electron chi connectivity index (χ0n) is 21.1. The van der Waals surface area contributed by atoms with Crippen LogP contribution in [0.4, 0.5) is 10.1 Å². The number of rotatable bonds is 16. The molecule has 0 saturated heterocycles. The first-order chi connectivity index (χ1) is 16.9. The highest BCUT2D eigenvalue weighted by atomic mass is 35.5. The molecule has 0 saturated carbocycles. The maximum absolute atomic E-state index is 14.4. The third-order valence-electron chi connectivity index (χ3n) is 4.68. The Balaban J connectivity index is 2.99. The molecule has 1 aromatic rings. The van der Waals surface area contributed by atoms with Crippen molar-refractivity contribution in [2.45, 2.75) is 47.0 Å². The standard InChI is InChI=1S/C24H35ClFN2O6PS/c1-6-11-20(25)24(21(26)7-2)27-22-13-12-18(5)16-19(22)17-23(29)28-36(31,32)15-10-14-35(30,33-8-3)34-9-4/h7,11-13,16,27H,2,6,8-10,14-15,17H2,1,3-5H3,(H,28,29)/b20-11?,24-21-. The monoisotopic (exact) mass is 564 g/mol. The minimum absolute atomic E-state index is 0.0142. The Morgan fingerprint density at radius 2 is 1.86 bits per heavy atom. The van der Waals surface area contributed by atoms with Gasteiger partial charge < -0.3 is 14.4 Å². The molecule has 8 nitrogen and oxygen atoms in total. The average molecular weight is 565 g/mol. The Morgan fingerprint density at radius 1 is 1.22 bits per heavy atom. The van der Waals surface area contributed by atoms with E-state index in [-0.39, 0.29) is 42.9 Å². The number of carbonyl (C=O) groups excluding carboxylic acids is 1. The molecule has 0 spiro atoms. The van der Waals surface area contributed by atoms with Gasteiger partial charge in [0.2, 0.25) is 15.9 Å². The summed E-state index contributed by atoms with van der Waals surface area (Å²) in [6.45, 7) is 10.7. The van der Waals surface area contributed by atoms with Gasteiger partial charge in [-0.05, 0) is 51.3 Å². The molecule has 0 aliphatic carbocycles. The van der Waals surface area contributed by atoms with Crippen molar-refractivity contribution in [2.75, 3.05) is 30.4 Å². The molecule has 0 aliphatic heterocycles. The summed E-state index contributed by atoms with van der Waals surface area (Å²) >= 11 is 6.22. The molecule has 202 valence electrons. The highest BCUT2D eigenvalue weighted by Gasteiger charge is 2.25. The molecule has 1 amide bonds. The highest BCUT2D eigenvalue weighted by Crippen LogP contribution is 2.48. The minimum atomic E-state index is -4.00. The smallest absolute Gasteiger partial charge is 0.330 e. The summed E-state index contributed by atoms with van der Waals surface area (Å²) in [6, 6.07) is 5.10. The summed E-state index contributed by atoms with van der Waals surface area (Å²) in [6.07, 6.45) is 2.80. The molecule has 2 N–H and O–H groups in total. The predicted octanol–water partition coefficient (Wildman–Crippen LogP) is 5.95. The van der Waals surface area contributed by atoms with Gasteiger partial charge in [0.15, 0.2) is 0 Å². The van der Waals surface area contributed by atoms with Crippen LogP contribution in [-0.4, -0.2) is 39.5 Å². The first kappa shape index (κ1) is 32.1. The van der Waals surface area contributed by atoms with Crippen LogP contribution in [0.5, 0.6) is 0 Å². The van der Waals surface area contributed by atoms with Crippen LogP contribution in [0.1, 0.15) is 44.7 Å². The molecule has 0 heterocycles. The first-order valence-corrected chi connectivity index (χ1v) is 15.3. The maximum Gasteiger partial charge on any atom is 0.330 e. The number of anilines is 1. The number of aryl methyl sites for hydroxylation is 1. The van der Waals surface area contributed by atoms with Crippen LogP contribution in [0.15, 0.2) is 53.5 Å². The predicted molar refractivity (Wildman–Crippen MR) is 143 cm³/mol. The topological polar surface area (TPSA) is 111 Å². The van der Waals surface area contributed by atoms with E-state index in [2.05, 4.69) is 11.9 Å². The fourth-order valence-corrected chi connectivity index (χ4v) is 6.40. The van der Waals surface area contributed by atoms with Gasteiger partial charge in [0.25, 0.3) is 0 Å². The van der Waals surface area contributed by atoms with E-state index in [9.17, 15) is 22.2 Å². The van der Waals surface area contributed by atoms with Crippen molar-refractivity contribution in [3.05, 3.63) is 64.6 Å². The van der Waals surface area contributed by atoms with Crippen LogP contribution < -0.4 is 10.0 Å². The van der Waals surface area contributed by atoms with E-state index >= 15 is 0 Å². The van der Waals surface area contributed by atoms with Crippen molar-refractivity contribution in [1.82, 2.24) is 4.72 Å². The SMILES string of the molecule is C=C/C(F)=C(/Nc1ccc(C)cc1CC(=O)NS(=O)(=O)CCCP(=O)(OCC)OCC)C(Cl)=CCC. The van der Waals surface area contributed by atoms with E-state index in [4.69, 9.17) is 20.6 Å². The van der Waals surface area contributed by atoms with Gasteiger partial charge in [-0.25, -0.2) is 12.8 Å². The van der Waals surface area contributed by atoms with E-state index in [0.717, 1.165) is 11.6 Å². The molecule has 0 bridgehead atoms. The lowest BCUT2D eigenvalue weighted by molar-refractivity contribution is -0.118. The number of sulfonamides is 1. The lowest BCUT2D eigenvalue weighted by atomic mass is 10.1. The second kappa shape index (κ2) is 15.3. The number of carbonyl (C=O) groups is 1. The van der Waals surface area contributed by atoms with Crippen molar-refractivity contribution >= 4 is 40.8 Å². The highest BCUT2D eigenvalue weighted by molar-refractivity contribution is 7.90. The Bertz CT molecular complexity index is 1130. The number of amides is 1. The van der Waals surface area contributed by atoms with Gasteiger partial charge in [0.05, 0.1) is 42.3 Å². The van der Waals surface area contributed by atoms with Gasteiger partial charge >= 0.3 is 7.60 Å². The van der Waals surface area contributed by atoms with Gasteiger partial charge in [-0.2, -0.15) is 0 Å². The number of benzene rings is 1. The van der Waals surface area contributed by atoms with Gasteiger partial charge in [0, 0.05) is 5.69 Å². The third-order valence-corrected chi connectivity index (χ3v) is 8.55. The number of nitrogens with one attached hydrogen (secondary N) is 2. The van der Waals surface area contributed by atoms with E-state index < -0.39 is 35.1 Å². The Hall–Kier alpha value is -1.97. The van der Waals surface area contributed by atoms with Crippen molar-refractivity contribution in [1.29, 1.82) is 0 Å². The van der Waals surface area contributed by atoms with Crippen LogP contribution >= 0.6 is 19.2 Å². The van der Waals surface area contributed by atoms with E-state index in [0.29, 0.717) is 17.7 Å². The van der Waals surface area contributed by atoms with E-state index in [1.807, 2.05) is 18.6 Å².